The van der Waals surface area contributed by atoms with Gasteiger partial charge in [-0.05, 0) is 25.2 Å². The van der Waals surface area contributed by atoms with Gasteiger partial charge in [-0.3, -0.25) is 9.69 Å². The number of terminal acetylenes is 1. The van der Waals surface area contributed by atoms with Gasteiger partial charge in [0.15, 0.2) is 0 Å². The molecule has 2 aliphatic rings. The Kier molecular flexibility index (Phi) is 4.56. The molecule has 0 aromatic heterocycles. The predicted octanol–water partition coefficient (Wildman–Crippen LogP) is 2.11. The van der Waals surface area contributed by atoms with Gasteiger partial charge >= 0.3 is 12.0 Å². The van der Waals surface area contributed by atoms with E-state index in [4.69, 9.17) is 11.2 Å². The quantitative estimate of drug-likeness (QED) is 0.256. The van der Waals surface area contributed by atoms with E-state index in [0.29, 0.717) is 6.54 Å². The molecule has 3 unspecified atom stereocenters. The minimum absolute atomic E-state index is 0.0548. The zero-order valence-corrected chi connectivity index (χ0v) is 14.2. The highest BCUT2D eigenvalue weighted by molar-refractivity contribution is 5.78. The van der Waals surface area contributed by atoms with Crippen molar-refractivity contribution in [1.29, 1.82) is 0 Å². The van der Waals surface area contributed by atoms with E-state index in [1.165, 1.54) is 4.90 Å². The van der Waals surface area contributed by atoms with Crippen molar-refractivity contribution in [3.63, 3.8) is 0 Å². The Morgan fingerprint density at radius 2 is 2.22 bits per heavy atom. The molecule has 0 aromatic carbocycles. The lowest BCUT2D eigenvalue weighted by Crippen LogP contribution is -2.48. The summed E-state index contributed by atoms with van der Waals surface area (Å²) in [6.45, 7) is 7.94. The Bertz CT molecular complexity index is 586. The van der Waals surface area contributed by atoms with Crippen molar-refractivity contribution in [2.45, 2.75) is 27.7 Å². The van der Waals surface area contributed by atoms with Gasteiger partial charge in [0, 0.05) is 0 Å². The summed E-state index contributed by atoms with van der Waals surface area (Å²) < 4.78 is 4.02. The zero-order valence-electron chi connectivity index (χ0n) is 14.2. The number of carbonyl (C=O) groups is 2. The van der Waals surface area contributed by atoms with Crippen LogP contribution in [0.1, 0.15) is 27.7 Å². The molecular weight excluding hydrogens is 296 g/mol. The van der Waals surface area contributed by atoms with Crippen LogP contribution in [-0.2, 0) is 9.53 Å². The minimum atomic E-state index is -1.17. The number of amides is 2. The van der Waals surface area contributed by atoms with Crippen LogP contribution in [0.3, 0.4) is 0 Å². The average molecular weight is 320 g/mol. The van der Waals surface area contributed by atoms with Crippen LogP contribution in [0, 0.1) is 34.8 Å². The van der Waals surface area contributed by atoms with Gasteiger partial charge in [-0.25, -0.2) is 9.44 Å². The number of ether oxygens (including phenoxy) is 1. The summed E-state index contributed by atoms with van der Waals surface area (Å²) in [6.07, 6.45) is 7.23. The van der Waals surface area contributed by atoms with E-state index >= 15 is 0 Å². The van der Waals surface area contributed by atoms with Gasteiger partial charge in [-0.15, -0.1) is 6.42 Å². The van der Waals surface area contributed by atoms with Gasteiger partial charge in [0.2, 0.25) is 6.73 Å². The first-order valence-electron chi connectivity index (χ1n) is 7.76. The third-order valence-corrected chi connectivity index (χ3v) is 4.73. The first kappa shape index (κ1) is 17.5. The summed E-state index contributed by atoms with van der Waals surface area (Å²) in [6, 6.07) is -0.633. The number of esters is 1. The van der Waals surface area contributed by atoms with E-state index in [1.807, 2.05) is 27.7 Å². The molecule has 0 aromatic rings. The Labute approximate surface area is 137 Å². The van der Waals surface area contributed by atoms with E-state index in [-0.39, 0.29) is 30.3 Å². The average Bonchev–Trinajstić information content (AvgIpc) is 2.87. The number of rotatable bonds is 5. The number of nitrogens with zero attached hydrogens (tertiary/aromatic N) is 2. The van der Waals surface area contributed by atoms with Crippen molar-refractivity contribution in [2.24, 2.45) is 17.3 Å². The summed E-state index contributed by atoms with van der Waals surface area (Å²) in [7, 11) is 0. The molecule has 2 amide bonds. The maximum absolute atomic E-state index is 12.5. The monoisotopic (exact) mass is 320 g/mol. The van der Waals surface area contributed by atoms with Gasteiger partial charge in [0.1, 0.15) is 6.54 Å². The second-order valence-corrected chi connectivity index (χ2v) is 7.18. The first-order chi connectivity index (χ1) is 10.6. The second-order valence-electron chi connectivity index (χ2n) is 7.18. The molecule has 0 spiro atoms. The maximum Gasteiger partial charge on any atom is 0.423 e. The van der Waals surface area contributed by atoms with E-state index in [2.05, 4.69) is 12.0 Å². The lowest BCUT2D eigenvalue weighted by atomic mass is 10.1. The standard InChI is InChI=1S/C17H24N2O4/c1-6-7-18-8-9-19(22,16(18)21)11-23-15(20)14-13(10-12(2)3)17(14,4)5/h1,10,13-14H,7-9,11H2,2-5H3. The molecule has 2 fully saturated rings. The van der Waals surface area contributed by atoms with Gasteiger partial charge in [-0.2, -0.15) is 0 Å². The van der Waals surface area contributed by atoms with Crippen LogP contribution in [0.5, 0.6) is 0 Å². The van der Waals surface area contributed by atoms with Crippen molar-refractivity contribution in [2.75, 3.05) is 26.4 Å². The molecule has 6 heteroatoms. The third-order valence-electron chi connectivity index (χ3n) is 4.73. The highest BCUT2D eigenvalue weighted by atomic mass is 16.6. The van der Waals surface area contributed by atoms with Crippen LogP contribution < -0.4 is 0 Å². The summed E-state index contributed by atoms with van der Waals surface area (Å²) in [5.41, 5.74) is 0.970. The topological polar surface area (TPSA) is 69.7 Å². The van der Waals surface area contributed by atoms with Gasteiger partial charge in [0.05, 0.1) is 19.0 Å². The van der Waals surface area contributed by atoms with E-state index < -0.39 is 23.4 Å². The van der Waals surface area contributed by atoms with Crippen molar-refractivity contribution >= 4 is 12.0 Å². The fourth-order valence-corrected chi connectivity index (χ4v) is 3.16. The molecular formula is C17H24N2O4. The third kappa shape index (κ3) is 3.26. The number of hydrogen-bond donors (Lipinski definition) is 0. The number of hydrogen-bond acceptors (Lipinski definition) is 4. The molecule has 1 saturated heterocycles. The Balaban J connectivity index is 1.94. The van der Waals surface area contributed by atoms with Gasteiger partial charge in [0.25, 0.3) is 0 Å². The SMILES string of the molecule is C#CCN1CC[N+]([O-])(COC(=O)C2C(C=C(C)C)C2(C)C)C1=O. The minimum Gasteiger partial charge on any atom is -0.621 e. The molecule has 6 nitrogen and oxygen atoms in total. The molecule has 126 valence electrons. The van der Waals surface area contributed by atoms with Crippen molar-refractivity contribution < 1.29 is 19.0 Å². The molecule has 0 N–H and O–H groups in total. The van der Waals surface area contributed by atoms with Crippen LogP contribution in [0.15, 0.2) is 11.6 Å². The second kappa shape index (κ2) is 5.99. The van der Waals surface area contributed by atoms with Gasteiger partial charge in [-0.1, -0.05) is 31.4 Å². The lowest BCUT2D eigenvalue weighted by molar-refractivity contribution is -0.810. The Hall–Kier alpha value is -1.84. The fraction of sp³-hybridized carbons (Fsp3) is 0.647. The molecule has 1 aliphatic heterocycles. The summed E-state index contributed by atoms with van der Waals surface area (Å²) in [4.78, 5) is 25.6. The number of allylic oxidation sites excluding steroid dienone is 2. The van der Waals surface area contributed by atoms with Crippen molar-refractivity contribution in [3.8, 4) is 12.3 Å². The zero-order chi connectivity index (χ0) is 17.4. The van der Waals surface area contributed by atoms with Crippen LogP contribution in [0.25, 0.3) is 0 Å². The highest BCUT2D eigenvalue weighted by Crippen LogP contribution is 2.59. The fourth-order valence-electron chi connectivity index (χ4n) is 3.16. The summed E-state index contributed by atoms with van der Waals surface area (Å²) >= 11 is 0. The number of hydroxylamine groups is 3. The predicted molar refractivity (Wildman–Crippen MR) is 85.4 cm³/mol. The molecule has 2 rings (SSSR count). The smallest absolute Gasteiger partial charge is 0.423 e. The number of quaternary nitrogens is 1. The van der Waals surface area contributed by atoms with E-state index in [9.17, 15) is 14.8 Å². The van der Waals surface area contributed by atoms with Crippen LogP contribution in [0.4, 0.5) is 4.79 Å². The van der Waals surface area contributed by atoms with Crippen molar-refractivity contribution in [3.05, 3.63) is 16.9 Å². The number of urea groups is 1. The normalized spacial score (nSPS) is 31.5. The Morgan fingerprint density at radius 3 is 2.78 bits per heavy atom. The van der Waals surface area contributed by atoms with Crippen molar-refractivity contribution in [1.82, 2.24) is 4.90 Å². The van der Waals surface area contributed by atoms with Crippen LogP contribution >= 0.6 is 0 Å². The Morgan fingerprint density at radius 1 is 1.57 bits per heavy atom. The molecule has 1 heterocycles. The van der Waals surface area contributed by atoms with Crippen LogP contribution in [0.2, 0.25) is 0 Å². The molecule has 0 radical (unpaired) electrons. The first-order valence-corrected chi connectivity index (χ1v) is 7.76. The molecule has 0 bridgehead atoms. The highest BCUT2D eigenvalue weighted by Gasteiger charge is 2.61. The molecule has 1 saturated carbocycles. The lowest BCUT2D eigenvalue weighted by Gasteiger charge is -2.33. The summed E-state index contributed by atoms with van der Waals surface area (Å²) in [5, 5.41) is 12.5. The number of carbonyl (C=O) groups excluding carboxylic acids is 2. The van der Waals surface area contributed by atoms with Crippen LogP contribution in [-0.4, -0.2) is 47.9 Å². The molecule has 23 heavy (non-hydrogen) atoms. The van der Waals surface area contributed by atoms with E-state index in [0.717, 1.165) is 5.57 Å². The van der Waals surface area contributed by atoms with E-state index in [1.54, 1.807) is 0 Å². The largest absolute Gasteiger partial charge is 0.621 e. The van der Waals surface area contributed by atoms with Gasteiger partial charge < -0.3 is 9.94 Å². The maximum atomic E-state index is 12.5. The molecule has 1 aliphatic carbocycles. The summed E-state index contributed by atoms with van der Waals surface area (Å²) in [5.74, 6) is 1.80. The molecule has 3 atom stereocenters.